The summed E-state index contributed by atoms with van der Waals surface area (Å²) in [6.45, 7) is 0. The number of hydrogen-bond acceptors (Lipinski definition) is 4. The van der Waals surface area contributed by atoms with Gasteiger partial charge in [-0.2, -0.15) is 0 Å². The van der Waals surface area contributed by atoms with Gasteiger partial charge in [-0.25, -0.2) is 0 Å². The number of rotatable bonds is 2. The summed E-state index contributed by atoms with van der Waals surface area (Å²) in [7, 11) is 0. The second-order valence-electron chi connectivity index (χ2n) is 12.2. The molecule has 6 aromatic rings. The van der Waals surface area contributed by atoms with Gasteiger partial charge in [-0.05, 0) is 0 Å². The molecule has 0 saturated heterocycles. The Kier molecular flexibility index (Phi) is 6.33. The molecule has 0 radical (unpaired) electrons. The molecule has 0 aliphatic carbocycles. The molecule has 0 aromatic carbocycles. The maximum absolute atomic E-state index is 4.91. The van der Waals surface area contributed by atoms with Crippen molar-refractivity contribution in [1.82, 2.24) is 39.9 Å². The third kappa shape index (κ3) is 5.67. The van der Waals surface area contributed by atoms with Crippen molar-refractivity contribution in [2.45, 2.75) is 0 Å². The van der Waals surface area contributed by atoms with Crippen molar-refractivity contribution in [3.05, 3.63) is 130 Å². The Morgan fingerprint density at radius 2 is 0.592 bits per heavy atom. The average Bonchev–Trinajstić information content (AvgIpc) is 3.92. The predicted octanol–water partition coefficient (Wildman–Crippen LogP) is 7.28. The Morgan fingerprint density at radius 3 is 0.918 bits per heavy atom. The summed E-state index contributed by atoms with van der Waals surface area (Å²) in [4.78, 5) is 33.8. The van der Waals surface area contributed by atoms with E-state index in [0.29, 0.717) is 0 Å². The number of fused-ring (bicyclic) bond motifs is 16. The molecular formula is C40H26N8Se. The van der Waals surface area contributed by atoms with Gasteiger partial charge in [0.05, 0.1) is 0 Å². The van der Waals surface area contributed by atoms with E-state index in [0.717, 1.165) is 89.7 Å². The van der Waals surface area contributed by atoms with Crippen LogP contribution in [0.3, 0.4) is 0 Å². The van der Waals surface area contributed by atoms with Gasteiger partial charge >= 0.3 is 287 Å². The van der Waals surface area contributed by atoms with Crippen LogP contribution in [0.25, 0.3) is 92.7 Å². The van der Waals surface area contributed by atoms with E-state index in [2.05, 4.69) is 141 Å². The zero-order valence-electron chi connectivity index (χ0n) is 25.9. The second kappa shape index (κ2) is 11.2. The summed E-state index contributed by atoms with van der Waals surface area (Å²) >= 11 is -0.0741. The van der Waals surface area contributed by atoms with E-state index in [4.69, 9.17) is 19.9 Å². The van der Waals surface area contributed by atoms with Crippen LogP contribution in [0.2, 0.25) is 0 Å². The molecule has 0 spiro atoms. The van der Waals surface area contributed by atoms with Crippen LogP contribution >= 0.6 is 0 Å². The topological polar surface area (TPSA) is 115 Å². The van der Waals surface area contributed by atoms with E-state index in [1.54, 1.807) is 0 Å². The third-order valence-electron chi connectivity index (χ3n) is 8.48. The van der Waals surface area contributed by atoms with Gasteiger partial charge in [0.25, 0.3) is 0 Å². The Morgan fingerprint density at radius 1 is 0.306 bits per heavy atom. The molecule has 0 unspecified atom stereocenters. The Balaban J connectivity index is 1.16. The van der Waals surface area contributed by atoms with Crippen LogP contribution in [0.5, 0.6) is 0 Å². The van der Waals surface area contributed by atoms with E-state index in [1.165, 1.54) is 8.92 Å². The molecule has 0 saturated carbocycles. The molecule has 10 heterocycles. The van der Waals surface area contributed by atoms with Crippen LogP contribution in [-0.4, -0.2) is 54.8 Å². The fourth-order valence-electron chi connectivity index (χ4n) is 6.27. The number of nitrogens with one attached hydrogen (secondary N) is 4. The molecule has 8 nitrogen and oxygen atoms in total. The summed E-state index contributed by atoms with van der Waals surface area (Å²) < 4.78 is 2.43. The van der Waals surface area contributed by atoms with Gasteiger partial charge in [0.2, 0.25) is 0 Å². The molecule has 0 atom stereocenters. The summed E-state index contributed by atoms with van der Waals surface area (Å²) in [5.41, 5.74) is 15.3. The molecule has 0 fully saturated rings. The minimum absolute atomic E-state index is 0.0741. The average molecular weight is 698 g/mol. The summed E-state index contributed by atoms with van der Waals surface area (Å²) in [6.07, 6.45) is 16.4. The maximum atomic E-state index is 4.91. The van der Waals surface area contributed by atoms with Crippen LogP contribution in [0.4, 0.5) is 0 Å². The van der Waals surface area contributed by atoms with E-state index in [1.807, 2.05) is 12.2 Å². The quantitative estimate of drug-likeness (QED) is 0.142. The SMILES string of the molecule is C1=Cc2cc3cc([Se]c4cc5cc6nc(cc7ccc(cc8nc(cc4[nH]5)C=C8)[nH]7)C=C6)c(cc4nc(cc5ccc(cc1n2)[nH]5)C=C4)[nH]3. The van der Waals surface area contributed by atoms with Crippen molar-refractivity contribution in [2.75, 3.05) is 0 Å². The van der Waals surface area contributed by atoms with Gasteiger partial charge in [0.15, 0.2) is 0 Å². The van der Waals surface area contributed by atoms with E-state index >= 15 is 0 Å². The first kappa shape index (κ1) is 27.8. The van der Waals surface area contributed by atoms with Crippen LogP contribution < -0.4 is 8.92 Å². The third-order valence-corrected chi connectivity index (χ3v) is 10.8. The minimum atomic E-state index is -0.0741. The van der Waals surface area contributed by atoms with E-state index in [-0.39, 0.29) is 15.0 Å². The van der Waals surface area contributed by atoms with E-state index < -0.39 is 0 Å². The standard InChI is InChI=1S/C40H26N8Se/c1-3-25-15-29-9-11-33(45-29)19-37-39(21-35(47-37)17-31-7-5-27(43-31)13-23(1)41-25)49-40-22-36-18-32-8-6-28(44-32)14-24-2-4-26(42-24)16-30-10-12-34(46-30)20-38(40)48-36/h1-22,41-42,47-48H. The summed E-state index contributed by atoms with van der Waals surface area (Å²) in [5, 5.41) is 0. The van der Waals surface area contributed by atoms with Gasteiger partial charge in [-0.1, -0.05) is 0 Å². The monoisotopic (exact) mass is 698 g/mol. The van der Waals surface area contributed by atoms with Crippen molar-refractivity contribution in [2.24, 2.45) is 0 Å². The number of hydrogen-bond donors (Lipinski definition) is 4. The summed E-state index contributed by atoms with van der Waals surface area (Å²) in [6, 6.07) is 29.4. The molecule has 6 aromatic heterocycles. The number of H-pyrrole nitrogens is 4. The molecule has 9 heteroatoms. The van der Waals surface area contributed by atoms with Crippen molar-refractivity contribution >= 4 is 117 Å². The van der Waals surface area contributed by atoms with Gasteiger partial charge < -0.3 is 0 Å². The van der Waals surface area contributed by atoms with Gasteiger partial charge in [0.1, 0.15) is 0 Å². The number of nitrogens with zero attached hydrogens (tertiary/aromatic N) is 4. The van der Waals surface area contributed by atoms with Crippen molar-refractivity contribution < 1.29 is 0 Å². The molecule has 16 bridgehead atoms. The summed E-state index contributed by atoms with van der Waals surface area (Å²) in [5.74, 6) is 0. The number of aromatic amines is 4. The Bertz CT molecular complexity index is 2630. The first-order valence-corrected chi connectivity index (χ1v) is 17.6. The normalized spacial score (nSPS) is 13.1. The second-order valence-corrected chi connectivity index (χ2v) is 14.5. The van der Waals surface area contributed by atoms with Crippen molar-refractivity contribution in [3.63, 3.8) is 0 Å². The van der Waals surface area contributed by atoms with Crippen LogP contribution in [0.15, 0.2) is 84.9 Å². The van der Waals surface area contributed by atoms with Crippen LogP contribution in [0, 0.1) is 0 Å². The molecule has 4 N–H and O–H groups in total. The first-order valence-electron chi connectivity index (χ1n) is 15.9. The first-order chi connectivity index (χ1) is 24.1. The van der Waals surface area contributed by atoms with Gasteiger partial charge in [-0.3, -0.25) is 0 Å². The van der Waals surface area contributed by atoms with Crippen molar-refractivity contribution in [3.8, 4) is 0 Å². The fraction of sp³-hybridized carbons (Fsp3) is 0. The molecule has 232 valence electrons. The van der Waals surface area contributed by atoms with E-state index in [9.17, 15) is 0 Å². The molecule has 4 aliphatic heterocycles. The molecular weight excluding hydrogens is 671 g/mol. The molecule has 10 rings (SSSR count). The van der Waals surface area contributed by atoms with Crippen LogP contribution in [0.1, 0.15) is 45.6 Å². The zero-order chi connectivity index (χ0) is 32.3. The Labute approximate surface area is 286 Å². The zero-order valence-corrected chi connectivity index (χ0v) is 27.6. The number of aromatic nitrogens is 8. The molecule has 4 aliphatic rings. The fourth-order valence-corrected chi connectivity index (χ4v) is 8.47. The molecule has 0 amide bonds. The Hall–Kier alpha value is -6.28. The molecule has 49 heavy (non-hydrogen) atoms. The van der Waals surface area contributed by atoms with Crippen LogP contribution in [-0.2, 0) is 0 Å². The van der Waals surface area contributed by atoms with Gasteiger partial charge in [-0.15, -0.1) is 0 Å². The van der Waals surface area contributed by atoms with Crippen molar-refractivity contribution in [1.29, 1.82) is 0 Å². The predicted molar refractivity (Wildman–Crippen MR) is 203 cm³/mol. The van der Waals surface area contributed by atoms with Gasteiger partial charge in [0, 0.05) is 0 Å².